The molecular formula is C7H5Cl2IS. The van der Waals surface area contributed by atoms with Crippen molar-refractivity contribution in [2.45, 2.75) is 4.90 Å². The molecule has 0 aliphatic rings. The lowest BCUT2D eigenvalue weighted by Gasteiger charge is -2.03. The first-order chi connectivity index (χ1) is 5.16. The first-order valence-electron chi connectivity index (χ1n) is 2.84. The van der Waals surface area contributed by atoms with Crippen molar-refractivity contribution in [3.8, 4) is 0 Å². The summed E-state index contributed by atoms with van der Waals surface area (Å²) in [7, 11) is 0. The maximum Gasteiger partial charge on any atom is 0.0690 e. The van der Waals surface area contributed by atoms with Crippen LogP contribution in [0.2, 0.25) is 10.0 Å². The third kappa shape index (κ3) is 2.17. The van der Waals surface area contributed by atoms with Gasteiger partial charge in [-0.05, 0) is 41.0 Å². The van der Waals surface area contributed by atoms with Gasteiger partial charge in [0.2, 0.25) is 0 Å². The van der Waals surface area contributed by atoms with E-state index in [0.717, 1.165) is 13.5 Å². The third-order valence-corrected chi connectivity index (χ3v) is 4.58. The molecule has 0 heterocycles. The lowest BCUT2D eigenvalue weighted by Crippen LogP contribution is -1.79. The van der Waals surface area contributed by atoms with E-state index in [9.17, 15) is 0 Å². The van der Waals surface area contributed by atoms with Crippen LogP contribution in [0.25, 0.3) is 0 Å². The van der Waals surface area contributed by atoms with Gasteiger partial charge in [-0.3, -0.25) is 0 Å². The van der Waals surface area contributed by atoms with E-state index >= 15 is 0 Å². The molecule has 0 amide bonds. The van der Waals surface area contributed by atoms with Gasteiger partial charge in [0.05, 0.1) is 13.6 Å². The molecule has 0 spiro atoms. The SMILES string of the molecule is CSc1ccc(Cl)c(I)c1Cl. The Labute approximate surface area is 93.8 Å². The van der Waals surface area contributed by atoms with Crippen molar-refractivity contribution in [3.05, 3.63) is 25.7 Å². The summed E-state index contributed by atoms with van der Waals surface area (Å²) in [6.07, 6.45) is 1.99. The lowest BCUT2D eigenvalue weighted by molar-refractivity contribution is 1.43. The molecule has 0 aliphatic carbocycles. The lowest BCUT2D eigenvalue weighted by atomic mass is 10.4. The molecular weight excluding hydrogens is 314 g/mol. The van der Waals surface area contributed by atoms with Crippen molar-refractivity contribution >= 4 is 57.6 Å². The van der Waals surface area contributed by atoms with Crippen LogP contribution in [0, 0.1) is 3.57 Å². The standard InChI is InChI=1S/C7H5Cl2IS/c1-11-5-3-2-4(8)7(10)6(5)9/h2-3H,1H3. The molecule has 0 saturated heterocycles. The molecule has 0 fully saturated rings. The van der Waals surface area contributed by atoms with E-state index in [1.807, 2.05) is 18.4 Å². The molecule has 0 bridgehead atoms. The van der Waals surface area contributed by atoms with E-state index < -0.39 is 0 Å². The van der Waals surface area contributed by atoms with Gasteiger partial charge in [0.25, 0.3) is 0 Å². The fourth-order valence-corrected chi connectivity index (χ4v) is 2.41. The largest absolute Gasteiger partial charge is 0.128 e. The van der Waals surface area contributed by atoms with E-state index in [2.05, 4.69) is 22.6 Å². The summed E-state index contributed by atoms with van der Waals surface area (Å²) < 4.78 is 0.929. The van der Waals surface area contributed by atoms with Gasteiger partial charge < -0.3 is 0 Å². The summed E-state index contributed by atoms with van der Waals surface area (Å²) >= 11 is 15.6. The smallest absolute Gasteiger partial charge is 0.0690 e. The summed E-state index contributed by atoms with van der Waals surface area (Å²) in [6.45, 7) is 0. The van der Waals surface area contributed by atoms with Gasteiger partial charge in [0.15, 0.2) is 0 Å². The molecule has 0 radical (unpaired) electrons. The Morgan fingerprint density at radius 1 is 1.36 bits per heavy atom. The normalized spacial score (nSPS) is 10.2. The van der Waals surface area contributed by atoms with Crippen molar-refractivity contribution in [2.75, 3.05) is 6.26 Å². The number of benzene rings is 1. The molecule has 0 unspecified atom stereocenters. The summed E-state index contributed by atoms with van der Waals surface area (Å²) in [4.78, 5) is 1.07. The highest BCUT2D eigenvalue weighted by Crippen LogP contribution is 2.33. The van der Waals surface area contributed by atoms with Gasteiger partial charge in [-0.15, -0.1) is 11.8 Å². The average molecular weight is 319 g/mol. The van der Waals surface area contributed by atoms with Crippen molar-refractivity contribution in [3.63, 3.8) is 0 Å². The maximum absolute atomic E-state index is 5.99. The second-order valence-corrected chi connectivity index (χ2v) is 4.59. The van der Waals surface area contributed by atoms with Gasteiger partial charge in [-0.1, -0.05) is 23.2 Å². The van der Waals surface area contributed by atoms with E-state index in [1.54, 1.807) is 11.8 Å². The third-order valence-electron chi connectivity index (χ3n) is 1.22. The van der Waals surface area contributed by atoms with Gasteiger partial charge >= 0.3 is 0 Å². The van der Waals surface area contributed by atoms with Gasteiger partial charge in [-0.25, -0.2) is 0 Å². The zero-order valence-electron chi connectivity index (χ0n) is 5.70. The van der Waals surface area contributed by atoms with E-state index in [0.29, 0.717) is 5.02 Å². The Kier molecular flexibility index (Phi) is 3.81. The Morgan fingerprint density at radius 3 is 2.55 bits per heavy atom. The number of hydrogen-bond acceptors (Lipinski definition) is 1. The predicted octanol–water partition coefficient (Wildman–Crippen LogP) is 4.32. The maximum atomic E-state index is 5.99. The molecule has 0 atom stereocenters. The van der Waals surface area contributed by atoms with E-state index in [1.165, 1.54) is 0 Å². The molecule has 0 saturated carbocycles. The predicted molar refractivity (Wildman–Crippen MR) is 61.0 cm³/mol. The summed E-state index contributed by atoms with van der Waals surface area (Å²) in [5.74, 6) is 0. The summed E-state index contributed by atoms with van der Waals surface area (Å²) in [5.41, 5.74) is 0. The first kappa shape index (κ1) is 9.96. The molecule has 1 aromatic rings. The average Bonchev–Trinajstić information content (AvgIpc) is 2.01. The Balaban J connectivity index is 3.25. The monoisotopic (exact) mass is 318 g/mol. The van der Waals surface area contributed by atoms with Crippen LogP contribution in [0.3, 0.4) is 0 Å². The summed E-state index contributed by atoms with van der Waals surface area (Å²) in [6, 6.07) is 3.79. The number of hydrogen-bond donors (Lipinski definition) is 0. The zero-order valence-corrected chi connectivity index (χ0v) is 10.2. The zero-order chi connectivity index (χ0) is 8.43. The second kappa shape index (κ2) is 4.21. The van der Waals surface area contributed by atoms with Gasteiger partial charge in [0.1, 0.15) is 0 Å². The molecule has 0 N–H and O–H groups in total. The van der Waals surface area contributed by atoms with Crippen molar-refractivity contribution in [1.82, 2.24) is 0 Å². The molecule has 11 heavy (non-hydrogen) atoms. The Hall–Kier alpha value is 0.880. The molecule has 0 aromatic heterocycles. The molecule has 60 valence electrons. The van der Waals surface area contributed by atoms with Crippen LogP contribution >= 0.6 is 57.6 Å². The van der Waals surface area contributed by atoms with Crippen LogP contribution in [0.1, 0.15) is 0 Å². The molecule has 1 aromatic carbocycles. The Morgan fingerprint density at radius 2 is 2.00 bits per heavy atom. The number of halogens is 3. The molecule has 0 aliphatic heterocycles. The van der Waals surface area contributed by atoms with Crippen molar-refractivity contribution in [1.29, 1.82) is 0 Å². The molecule has 1 rings (SSSR count). The van der Waals surface area contributed by atoms with Crippen LogP contribution in [0.5, 0.6) is 0 Å². The number of thioether (sulfide) groups is 1. The van der Waals surface area contributed by atoms with E-state index in [-0.39, 0.29) is 0 Å². The van der Waals surface area contributed by atoms with Crippen LogP contribution in [-0.4, -0.2) is 6.26 Å². The minimum Gasteiger partial charge on any atom is -0.128 e. The summed E-state index contributed by atoms with van der Waals surface area (Å²) in [5, 5.41) is 1.47. The molecule has 0 nitrogen and oxygen atoms in total. The second-order valence-electron chi connectivity index (χ2n) is 1.88. The van der Waals surface area contributed by atoms with Gasteiger partial charge in [-0.2, -0.15) is 0 Å². The van der Waals surface area contributed by atoms with Crippen molar-refractivity contribution < 1.29 is 0 Å². The topological polar surface area (TPSA) is 0 Å². The Bertz CT molecular complexity index is 275. The van der Waals surface area contributed by atoms with Crippen LogP contribution in [-0.2, 0) is 0 Å². The van der Waals surface area contributed by atoms with Crippen LogP contribution in [0.4, 0.5) is 0 Å². The highest BCUT2D eigenvalue weighted by Gasteiger charge is 2.06. The number of rotatable bonds is 1. The van der Waals surface area contributed by atoms with Crippen LogP contribution in [0.15, 0.2) is 17.0 Å². The van der Waals surface area contributed by atoms with E-state index in [4.69, 9.17) is 23.2 Å². The highest BCUT2D eigenvalue weighted by molar-refractivity contribution is 14.1. The van der Waals surface area contributed by atoms with Crippen molar-refractivity contribution in [2.24, 2.45) is 0 Å². The minimum atomic E-state index is 0.716. The molecule has 4 heteroatoms. The van der Waals surface area contributed by atoms with Gasteiger partial charge in [0, 0.05) is 4.90 Å². The van der Waals surface area contributed by atoms with Crippen LogP contribution < -0.4 is 0 Å². The highest BCUT2D eigenvalue weighted by atomic mass is 127. The fourth-order valence-electron chi connectivity index (χ4n) is 0.666. The minimum absolute atomic E-state index is 0.716. The fraction of sp³-hybridized carbons (Fsp3) is 0.143. The quantitative estimate of drug-likeness (QED) is 0.422. The first-order valence-corrected chi connectivity index (χ1v) is 5.90.